The summed E-state index contributed by atoms with van der Waals surface area (Å²) in [6, 6.07) is 9.18. The Kier molecular flexibility index (Phi) is 7.65. The first-order chi connectivity index (χ1) is 12.5. The fourth-order valence-corrected chi connectivity index (χ4v) is 3.17. The number of halogens is 2. The van der Waals surface area contributed by atoms with Crippen LogP contribution in [0.3, 0.4) is 0 Å². The Hall–Kier alpha value is -2.35. The third-order valence-corrected chi connectivity index (χ3v) is 4.46. The molecule has 1 heterocycles. The molecular weight excluding hydrogens is 360 g/mol. The van der Waals surface area contributed by atoms with Gasteiger partial charge in [0.1, 0.15) is 0 Å². The van der Waals surface area contributed by atoms with E-state index in [0.29, 0.717) is 30.4 Å². The lowest BCUT2D eigenvalue weighted by molar-refractivity contribution is -0.0520. The monoisotopic (exact) mass is 383 g/mol. The van der Waals surface area contributed by atoms with Gasteiger partial charge in [0.2, 0.25) is 0 Å². The Balaban J connectivity index is 2.02. The Morgan fingerprint density at radius 3 is 2.58 bits per heavy atom. The van der Waals surface area contributed by atoms with Gasteiger partial charge in [-0.3, -0.25) is 4.99 Å². The van der Waals surface area contributed by atoms with Crippen molar-refractivity contribution in [2.75, 3.05) is 13.7 Å². The van der Waals surface area contributed by atoms with E-state index in [1.165, 1.54) is 9.75 Å². The van der Waals surface area contributed by atoms with Gasteiger partial charge in [0.05, 0.1) is 13.2 Å². The molecule has 0 atom stereocenters. The van der Waals surface area contributed by atoms with Crippen LogP contribution in [0.1, 0.15) is 22.2 Å². The van der Waals surface area contributed by atoms with Gasteiger partial charge in [-0.1, -0.05) is 12.1 Å². The minimum Gasteiger partial charge on any atom is -0.490 e. The smallest absolute Gasteiger partial charge is 0.387 e. The van der Waals surface area contributed by atoms with E-state index in [1.54, 1.807) is 43.5 Å². The predicted molar refractivity (Wildman–Crippen MR) is 100 cm³/mol. The van der Waals surface area contributed by atoms with Gasteiger partial charge in [0.25, 0.3) is 0 Å². The summed E-state index contributed by atoms with van der Waals surface area (Å²) in [6.07, 6.45) is 0. The Labute approximate surface area is 156 Å². The predicted octanol–water partition coefficient (Wildman–Crippen LogP) is 3.92. The third-order valence-electron chi connectivity index (χ3n) is 3.46. The zero-order valence-corrected chi connectivity index (χ0v) is 15.8. The van der Waals surface area contributed by atoms with Crippen molar-refractivity contribution in [3.8, 4) is 11.5 Å². The fraction of sp³-hybridized carbons (Fsp3) is 0.389. The molecule has 5 nitrogen and oxygen atoms in total. The highest BCUT2D eigenvalue weighted by Crippen LogP contribution is 2.32. The number of ether oxygens (including phenoxy) is 2. The van der Waals surface area contributed by atoms with Crippen LogP contribution in [0.25, 0.3) is 0 Å². The highest BCUT2D eigenvalue weighted by molar-refractivity contribution is 7.11. The maximum absolute atomic E-state index is 12.8. The van der Waals surface area contributed by atoms with Crippen LogP contribution in [0, 0.1) is 6.92 Å². The zero-order valence-electron chi connectivity index (χ0n) is 15.0. The maximum Gasteiger partial charge on any atom is 0.387 e. The first kappa shape index (κ1) is 20.0. The number of alkyl halides is 2. The summed E-state index contributed by atoms with van der Waals surface area (Å²) in [5.41, 5.74) is 0.561. The molecule has 0 spiro atoms. The van der Waals surface area contributed by atoms with Crippen LogP contribution < -0.4 is 20.1 Å². The summed E-state index contributed by atoms with van der Waals surface area (Å²) in [4.78, 5) is 6.58. The molecule has 1 aromatic carbocycles. The molecule has 142 valence electrons. The van der Waals surface area contributed by atoms with Crippen LogP contribution in [0.5, 0.6) is 11.5 Å². The van der Waals surface area contributed by atoms with E-state index in [2.05, 4.69) is 39.4 Å². The minimum absolute atomic E-state index is 0.0428. The molecule has 0 radical (unpaired) electrons. The third kappa shape index (κ3) is 5.87. The average Bonchev–Trinajstić information content (AvgIpc) is 3.02. The summed E-state index contributed by atoms with van der Waals surface area (Å²) >= 11 is 1.71. The molecule has 0 aliphatic heterocycles. The first-order valence-corrected chi connectivity index (χ1v) is 9.04. The van der Waals surface area contributed by atoms with Gasteiger partial charge in [0, 0.05) is 28.9 Å². The van der Waals surface area contributed by atoms with Crippen molar-refractivity contribution in [3.63, 3.8) is 0 Å². The zero-order chi connectivity index (χ0) is 18.9. The average molecular weight is 383 g/mol. The van der Waals surface area contributed by atoms with Crippen molar-refractivity contribution in [2.24, 2.45) is 4.99 Å². The Morgan fingerprint density at radius 2 is 1.96 bits per heavy atom. The second kappa shape index (κ2) is 9.96. The normalized spacial score (nSPS) is 11.5. The Morgan fingerprint density at radius 1 is 1.19 bits per heavy atom. The number of rotatable bonds is 8. The molecule has 2 N–H and O–H groups in total. The van der Waals surface area contributed by atoms with Crippen molar-refractivity contribution in [2.45, 2.75) is 33.5 Å². The van der Waals surface area contributed by atoms with Crippen LogP contribution >= 0.6 is 11.3 Å². The van der Waals surface area contributed by atoms with E-state index in [0.717, 1.165) is 0 Å². The van der Waals surface area contributed by atoms with Gasteiger partial charge in [-0.15, -0.1) is 11.3 Å². The number of aryl methyl sites for hydroxylation is 1. The number of nitrogens with zero attached hydrogens (tertiary/aromatic N) is 1. The largest absolute Gasteiger partial charge is 0.490 e. The highest BCUT2D eigenvalue weighted by Gasteiger charge is 2.16. The van der Waals surface area contributed by atoms with Crippen LogP contribution in [-0.2, 0) is 13.1 Å². The fourth-order valence-electron chi connectivity index (χ4n) is 2.34. The standard InChI is InChI=1S/C18H23F2N3O2S/c1-4-24-15-7-5-6-13(16(15)25-17(19)20)10-22-18(21-3)23-11-14-9-8-12(2)26-14/h5-9,17H,4,10-11H2,1-3H3,(H2,21,22,23). The van der Waals surface area contributed by atoms with Gasteiger partial charge in [-0.25, -0.2) is 0 Å². The number of hydrogen-bond acceptors (Lipinski definition) is 4. The number of para-hydroxylation sites is 1. The second-order valence-electron chi connectivity index (χ2n) is 5.35. The quantitative estimate of drug-likeness (QED) is 0.536. The molecule has 2 aromatic rings. The number of thiophene rings is 1. The van der Waals surface area contributed by atoms with E-state index in [9.17, 15) is 8.78 Å². The molecule has 0 aliphatic carbocycles. The highest BCUT2D eigenvalue weighted by atomic mass is 32.1. The molecule has 0 bridgehead atoms. The van der Waals surface area contributed by atoms with E-state index >= 15 is 0 Å². The number of benzene rings is 1. The SMILES string of the molecule is CCOc1cccc(CNC(=NC)NCc2ccc(C)s2)c1OC(F)F. The number of guanidine groups is 1. The van der Waals surface area contributed by atoms with Crippen LogP contribution in [-0.4, -0.2) is 26.2 Å². The van der Waals surface area contributed by atoms with Gasteiger partial charge in [0.15, 0.2) is 17.5 Å². The number of hydrogen-bond donors (Lipinski definition) is 2. The molecule has 0 unspecified atom stereocenters. The summed E-state index contributed by atoms with van der Waals surface area (Å²) < 4.78 is 35.6. The van der Waals surface area contributed by atoms with Crippen molar-refractivity contribution >= 4 is 17.3 Å². The minimum atomic E-state index is -2.92. The van der Waals surface area contributed by atoms with Crippen molar-refractivity contribution in [3.05, 3.63) is 45.6 Å². The van der Waals surface area contributed by atoms with Crippen molar-refractivity contribution in [1.29, 1.82) is 0 Å². The molecule has 0 amide bonds. The lowest BCUT2D eigenvalue weighted by Gasteiger charge is -2.17. The second-order valence-corrected chi connectivity index (χ2v) is 6.72. The molecule has 0 aliphatic rings. The molecular formula is C18H23F2N3O2S. The maximum atomic E-state index is 12.8. The molecule has 1 aromatic heterocycles. The summed E-state index contributed by atoms with van der Waals surface area (Å²) in [5.74, 6) is 0.908. The summed E-state index contributed by atoms with van der Waals surface area (Å²) in [6.45, 7) is 2.19. The van der Waals surface area contributed by atoms with E-state index in [-0.39, 0.29) is 12.3 Å². The lowest BCUT2D eigenvalue weighted by atomic mass is 10.2. The van der Waals surface area contributed by atoms with Gasteiger partial charge >= 0.3 is 6.61 Å². The van der Waals surface area contributed by atoms with Crippen LogP contribution in [0.4, 0.5) is 8.78 Å². The molecule has 2 rings (SSSR count). The van der Waals surface area contributed by atoms with Crippen LogP contribution in [0.15, 0.2) is 35.3 Å². The molecule has 8 heteroatoms. The Bertz CT molecular complexity index is 735. The summed E-state index contributed by atoms with van der Waals surface area (Å²) in [7, 11) is 1.65. The van der Waals surface area contributed by atoms with Gasteiger partial charge < -0.3 is 20.1 Å². The van der Waals surface area contributed by atoms with Gasteiger partial charge in [-0.2, -0.15) is 8.78 Å². The topological polar surface area (TPSA) is 54.9 Å². The molecule has 0 fully saturated rings. The van der Waals surface area contributed by atoms with E-state index < -0.39 is 6.61 Å². The molecule has 26 heavy (non-hydrogen) atoms. The van der Waals surface area contributed by atoms with Crippen LogP contribution in [0.2, 0.25) is 0 Å². The van der Waals surface area contributed by atoms with Gasteiger partial charge in [-0.05, 0) is 32.0 Å². The van der Waals surface area contributed by atoms with E-state index in [1.807, 2.05) is 0 Å². The van der Waals surface area contributed by atoms with Crippen molar-refractivity contribution < 1.29 is 18.3 Å². The molecule has 0 saturated carbocycles. The lowest BCUT2D eigenvalue weighted by Crippen LogP contribution is -2.36. The summed E-state index contributed by atoms with van der Waals surface area (Å²) in [5, 5.41) is 6.31. The first-order valence-electron chi connectivity index (χ1n) is 8.22. The van der Waals surface area contributed by atoms with Crippen molar-refractivity contribution in [1.82, 2.24) is 10.6 Å². The molecule has 0 saturated heterocycles. The van der Waals surface area contributed by atoms with E-state index in [4.69, 9.17) is 4.74 Å². The number of aliphatic imine (C=N–C) groups is 1. The number of nitrogens with one attached hydrogen (secondary N) is 2.